The molecule has 2 N–H and O–H groups in total. The van der Waals surface area contributed by atoms with E-state index in [1.165, 1.54) is 0 Å². The highest BCUT2D eigenvalue weighted by atomic mass is 28.3. The summed E-state index contributed by atoms with van der Waals surface area (Å²) in [6, 6.07) is 0.970. The summed E-state index contributed by atoms with van der Waals surface area (Å²) in [7, 11) is -1.39. The molecule has 1 atom stereocenters. The van der Waals surface area contributed by atoms with Crippen LogP contribution in [0.4, 0.5) is 0 Å². The molecule has 0 radical (unpaired) electrons. The van der Waals surface area contributed by atoms with E-state index in [0.29, 0.717) is 6.10 Å². The average molecular weight is 259 g/mol. The van der Waals surface area contributed by atoms with E-state index in [4.69, 9.17) is 4.74 Å². The monoisotopic (exact) mass is 259 g/mol. The van der Waals surface area contributed by atoms with Crippen LogP contribution in [0.2, 0.25) is 12.6 Å². The van der Waals surface area contributed by atoms with Crippen LogP contribution in [0.3, 0.4) is 0 Å². The van der Waals surface area contributed by atoms with E-state index < -0.39 is 9.04 Å². The summed E-state index contributed by atoms with van der Waals surface area (Å²) in [6.07, 6.45) is 3.51. The fraction of sp³-hybridized carbons (Fsp3) is 1.00. The molecule has 0 saturated carbocycles. The molecule has 1 heterocycles. The molecule has 1 aliphatic rings. The number of hydrogen-bond acceptors (Lipinski definition) is 3. The van der Waals surface area contributed by atoms with Crippen molar-refractivity contribution in [3.8, 4) is 0 Å². The van der Waals surface area contributed by atoms with Gasteiger partial charge in [0.25, 0.3) is 0 Å². The summed E-state index contributed by atoms with van der Waals surface area (Å²) in [5.41, 5.74) is 0.316. The van der Waals surface area contributed by atoms with E-state index >= 15 is 0 Å². The third-order valence-corrected chi connectivity index (χ3v) is 4.52. The lowest BCUT2D eigenvalue weighted by Crippen LogP contribution is -2.59. The number of hydrogen-bond donors (Lipinski definition) is 2. The van der Waals surface area contributed by atoms with Gasteiger partial charge < -0.3 is 14.8 Å². The van der Waals surface area contributed by atoms with Crippen LogP contribution in [-0.4, -0.2) is 37.6 Å². The largest absolute Gasteiger partial charge is 0.435 e. The molecule has 0 bridgehead atoms. The molecule has 102 valence electrons. The first-order valence-electron chi connectivity index (χ1n) is 6.79. The number of nitrogens with one attached hydrogen (secondary N) is 1. The van der Waals surface area contributed by atoms with Gasteiger partial charge in [0.2, 0.25) is 0 Å². The highest BCUT2D eigenvalue weighted by molar-refractivity contribution is 6.48. The van der Waals surface area contributed by atoms with E-state index in [1.54, 1.807) is 0 Å². The fourth-order valence-corrected chi connectivity index (χ4v) is 3.73. The number of rotatable bonds is 5. The summed E-state index contributed by atoms with van der Waals surface area (Å²) in [5, 5.41) is 3.66. The van der Waals surface area contributed by atoms with Crippen LogP contribution in [-0.2, 0) is 4.74 Å². The zero-order chi connectivity index (χ0) is 13.1. The summed E-state index contributed by atoms with van der Waals surface area (Å²) in [4.78, 5) is 9.33. The maximum atomic E-state index is 9.33. The lowest BCUT2D eigenvalue weighted by atomic mass is 9.81. The Hall–Kier alpha value is 0.0969. The highest BCUT2D eigenvalue weighted by Crippen LogP contribution is 2.30. The van der Waals surface area contributed by atoms with Crippen LogP contribution >= 0.6 is 0 Å². The van der Waals surface area contributed by atoms with Gasteiger partial charge in [-0.15, -0.1) is 0 Å². The van der Waals surface area contributed by atoms with Crippen molar-refractivity contribution in [3.63, 3.8) is 0 Å². The Bertz CT molecular complexity index is 226. The lowest BCUT2D eigenvalue weighted by Gasteiger charge is -2.46. The van der Waals surface area contributed by atoms with E-state index in [0.717, 1.165) is 31.9 Å². The summed E-state index contributed by atoms with van der Waals surface area (Å²) in [5.74, 6) is 0. The standard InChI is InChI=1S/C13H29NO2Si/c1-12(2)9-11(10-13(3,4)14-12)16-7-6-8-17(5)15/h11,14-15,17H,6-10H2,1-5H3. The first-order chi connectivity index (χ1) is 7.70. The smallest absolute Gasteiger partial charge is 0.169 e. The minimum absolute atomic E-state index is 0.158. The molecule has 0 aromatic heterocycles. The van der Waals surface area contributed by atoms with Gasteiger partial charge in [-0.3, -0.25) is 0 Å². The zero-order valence-electron chi connectivity index (χ0n) is 12.0. The maximum Gasteiger partial charge on any atom is 0.169 e. The molecule has 1 unspecified atom stereocenters. The highest BCUT2D eigenvalue weighted by Gasteiger charge is 2.37. The van der Waals surface area contributed by atoms with Crippen LogP contribution in [0.25, 0.3) is 0 Å². The second-order valence-electron chi connectivity index (χ2n) is 6.79. The van der Waals surface area contributed by atoms with E-state index in [9.17, 15) is 4.80 Å². The van der Waals surface area contributed by atoms with Crippen molar-refractivity contribution in [1.82, 2.24) is 5.32 Å². The molecule has 0 amide bonds. The molecule has 1 rings (SSSR count). The van der Waals surface area contributed by atoms with Gasteiger partial charge in [0, 0.05) is 17.7 Å². The van der Waals surface area contributed by atoms with Gasteiger partial charge in [0.05, 0.1) is 6.10 Å². The molecule has 1 fully saturated rings. The molecule has 3 nitrogen and oxygen atoms in total. The quantitative estimate of drug-likeness (QED) is 0.586. The molecule has 0 spiro atoms. The Morgan fingerprint density at radius 2 is 1.76 bits per heavy atom. The molecular weight excluding hydrogens is 230 g/mol. The Morgan fingerprint density at radius 1 is 1.24 bits per heavy atom. The van der Waals surface area contributed by atoms with E-state index in [2.05, 4.69) is 33.0 Å². The topological polar surface area (TPSA) is 41.5 Å². The Labute approximate surface area is 108 Å². The van der Waals surface area contributed by atoms with E-state index in [1.807, 2.05) is 6.55 Å². The SMILES string of the molecule is C[SiH](O)CCCOC1CC(C)(C)NC(C)(C)C1. The van der Waals surface area contributed by atoms with Crippen molar-refractivity contribution < 1.29 is 9.53 Å². The minimum Gasteiger partial charge on any atom is -0.435 e. The molecule has 0 aromatic rings. The predicted molar refractivity (Wildman–Crippen MR) is 74.9 cm³/mol. The Balaban J connectivity index is 2.33. The first-order valence-corrected chi connectivity index (χ1v) is 9.28. The maximum absolute atomic E-state index is 9.33. The fourth-order valence-electron chi connectivity index (χ4n) is 2.98. The van der Waals surface area contributed by atoms with Gasteiger partial charge in [-0.2, -0.15) is 0 Å². The lowest BCUT2D eigenvalue weighted by molar-refractivity contribution is -0.0214. The minimum atomic E-state index is -1.39. The molecule has 0 aliphatic carbocycles. The third kappa shape index (κ3) is 6.00. The second-order valence-corrected chi connectivity index (χ2v) is 9.06. The molecule has 1 aliphatic heterocycles. The van der Waals surface area contributed by atoms with Crippen LogP contribution in [0.5, 0.6) is 0 Å². The van der Waals surface area contributed by atoms with Crippen molar-refractivity contribution in [2.75, 3.05) is 6.61 Å². The van der Waals surface area contributed by atoms with E-state index in [-0.39, 0.29) is 11.1 Å². The van der Waals surface area contributed by atoms with Gasteiger partial charge in [-0.05, 0) is 59.5 Å². The molecular formula is C13H29NO2Si. The Morgan fingerprint density at radius 3 is 2.24 bits per heavy atom. The van der Waals surface area contributed by atoms with Crippen LogP contribution in [0.1, 0.15) is 47.0 Å². The second kappa shape index (κ2) is 5.82. The van der Waals surface area contributed by atoms with Gasteiger partial charge >= 0.3 is 0 Å². The summed E-state index contributed by atoms with van der Waals surface area (Å²) >= 11 is 0. The normalized spacial score (nSPS) is 25.8. The molecule has 4 heteroatoms. The molecule has 17 heavy (non-hydrogen) atoms. The predicted octanol–water partition coefficient (Wildman–Crippen LogP) is 2.05. The van der Waals surface area contributed by atoms with Crippen molar-refractivity contribution in [2.45, 2.75) is 76.7 Å². The number of ether oxygens (including phenoxy) is 1. The van der Waals surface area contributed by atoms with Gasteiger partial charge in [-0.25, -0.2) is 0 Å². The van der Waals surface area contributed by atoms with Crippen molar-refractivity contribution in [3.05, 3.63) is 0 Å². The molecule has 0 aromatic carbocycles. The zero-order valence-corrected chi connectivity index (χ0v) is 13.2. The van der Waals surface area contributed by atoms with Crippen LogP contribution in [0, 0.1) is 0 Å². The summed E-state index contributed by atoms with van der Waals surface area (Å²) in [6.45, 7) is 11.7. The Kier molecular flexibility index (Phi) is 5.19. The van der Waals surface area contributed by atoms with Crippen LogP contribution in [0.15, 0.2) is 0 Å². The summed E-state index contributed by atoms with van der Waals surface area (Å²) < 4.78 is 5.98. The van der Waals surface area contributed by atoms with Gasteiger partial charge in [0.1, 0.15) is 0 Å². The van der Waals surface area contributed by atoms with Crippen molar-refractivity contribution in [2.24, 2.45) is 0 Å². The average Bonchev–Trinajstić information content (AvgIpc) is 2.06. The number of piperidine rings is 1. The van der Waals surface area contributed by atoms with Crippen molar-refractivity contribution in [1.29, 1.82) is 0 Å². The third-order valence-electron chi connectivity index (χ3n) is 3.27. The van der Waals surface area contributed by atoms with Gasteiger partial charge in [0.15, 0.2) is 9.04 Å². The molecule has 1 saturated heterocycles. The van der Waals surface area contributed by atoms with Crippen LogP contribution < -0.4 is 5.32 Å². The van der Waals surface area contributed by atoms with Gasteiger partial charge in [-0.1, -0.05) is 0 Å². The van der Waals surface area contributed by atoms with Crippen molar-refractivity contribution >= 4 is 9.04 Å². The first kappa shape index (κ1) is 15.2.